The predicted molar refractivity (Wildman–Crippen MR) is 67.4 cm³/mol. The van der Waals surface area contributed by atoms with Gasteiger partial charge < -0.3 is 11.1 Å². The molecule has 0 bridgehead atoms. The second kappa shape index (κ2) is 6.39. The number of carbonyl (C=O) groups is 1. The predicted octanol–water partition coefficient (Wildman–Crippen LogP) is 0.452. The van der Waals surface area contributed by atoms with E-state index in [9.17, 15) is 4.79 Å². The molecule has 1 unspecified atom stereocenters. The number of hydrogen-bond acceptors (Lipinski definition) is 3. The van der Waals surface area contributed by atoms with Gasteiger partial charge in [-0.3, -0.25) is 9.48 Å². The molecular formula is C12H22N4O. The highest BCUT2D eigenvalue weighted by atomic mass is 16.2. The molecule has 5 nitrogen and oxygen atoms in total. The van der Waals surface area contributed by atoms with Crippen molar-refractivity contribution in [1.82, 2.24) is 15.1 Å². The molecule has 17 heavy (non-hydrogen) atoms. The van der Waals surface area contributed by atoms with E-state index in [0.29, 0.717) is 6.54 Å². The average molecular weight is 238 g/mol. The third-order valence-corrected chi connectivity index (χ3v) is 3.16. The fourth-order valence-electron chi connectivity index (χ4n) is 1.59. The summed E-state index contributed by atoms with van der Waals surface area (Å²) in [6.45, 7) is 4.63. The molecule has 2 atom stereocenters. The Hall–Kier alpha value is -1.36. The molecule has 96 valence electrons. The molecule has 1 heterocycles. The average Bonchev–Trinajstić information content (AvgIpc) is 2.73. The Balaban J connectivity index is 2.32. The van der Waals surface area contributed by atoms with Gasteiger partial charge in [0.15, 0.2) is 0 Å². The van der Waals surface area contributed by atoms with E-state index >= 15 is 0 Å². The third kappa shape index (κ3) is 3.85. The zero-order valence-corrected chi connectivity index (χ0v) is 10.8. The highest BCUT2D eigenvalue weighted by Crippen LogP contribution is 2.05. The smallest absolute Gasteiger partial charge is 0.237 e. The lowest BCUT2D eigenvalue weighted by molar-refractivity contribution is -0.123. The largest absolute Gasteiger partial charge is 0.354 e. The number of amides is 1. The van der Waals surface area contributed by atoms with Crippen molar-refractivity contribution in [3.05, 3.63) is 18.0 Å². The molecule has 0 radical (unpaired) electrons. The molecular weight excluding hydrogens is 216 g/mol. The minimum atomic E-state index is -0.411. The number of nitrogens with two attached hydrogens (primary N) is 1. The van der Waals surface area contributed by atoms with Crippen LogP contribution in [0.4, 0.5) is 0 Å². The molecule has 1 aromatic rings. The van der Waals surface area contributed by atoms with Crippen LogP contribution in [-0.2, 0) is 18.3 Å². The first-order valence-corrected chi connectivity index (χ1v) is 6.06. The topological polar surface area (TPSA) is 72.9 Å². The lowest BCUT2D eigenvalue weighted by Crippen LogP contribution is -2.45. The van der Waals surface area contributed by atoms with Crippen molar-refractivity contribution >= 4 is 5.91 Å². The van der Waals surface area contributed by atoms with Crippen LogP contribution in [-0.4, -0.2) is 28.3 Å². The van der Waals surface area contributed by atoms with Crippen molar-refractivity contribution in [1.29, 1.82) is 0 Å². The van der Waals surface area contributed by atoms with Crippen molar-refractivity contribution in [2.45, 2.75) is 32.7 Å². The fourth-order valence-corrected chi connectivity index (χ4v) is 1.59. The molecule has 1 aromatic heterocycles. The highest BCUT2D eigenvalue weighted by Gasteiger charge is 2.18. The number of nitrogens with one attached hydrogen (secondary N) is 1. The van der Waals surface area contributed by atoms with Gasteiger partial charge in [0.2, 0.25) is 5.91 Å². The summed E-state index contributed by atoms with van der Waals surface area (Å²) in [5.41, 5.74) is 6.93. The molecule has 1 amide bonds. The van der Waals surface area contributed by atoms with E-state index in [1.807, 2.05) is 27.0 Å². The molecule has 0 aromatic carbocycles. The monoisotopic (exact) mass is 238 g/mol. The van der Waals surface area contributed by atoms with E-state index in [-0.39, 0.29) is 11.8 Å². The second-order valence-corrected chi connectivity index (χ2v) is 4.40. The Morgan fingerprint density at radius 1 is 1.65 bits per heavy atom. The minimum Gasteiger partial charge on any atom is -0.354 e. The summed E-state index contributed by atoms with van der Waals surface area (Å²) in [6.07, 6.45) is 3.44. The molecule has 1 rings (SSSR count). The highest BCUT2D eigenvalue weighted by molar-refractivity contribution is 5.81. The normalized spacial score (nSPS) is 14.4. The van der Waals surface area contributed by atoms with Gasteiger partial charge in [-0.05, 0) is 12.0 Å². The van der Waals surface area contributed by atoms with Crippen LogP contribution < -0.4 is 11.1 Å². The van der Waals surface area contributed by atoms with Crippen LogP contribution in [0, 0.1) is 5.92 Å². The number of nitrogens with zero attached hydrogens (tertiary/aromatic N) is 2. The van der Waals surface area contributed by atoms with Crippen LogP contribution >= 0.6 is 0 Å². The minimum absolute atomic E-state index is 0.0680. The molecule has 3 N–H and O–H groups in total. The van der Waals surface area contributed by atoms with Crippen molar-refractivity contribution < 1.29 is 4.79 Å². The Kier molecular flexibility index (Phi) is 5.15. The summed E-state index contributed by atoms with van der Waals surface area (Å²) in [5, 5.41) is 6.93. The molecule has 0 saturated heterocycles. The Labute approximate surface area is 102 Å². The molecule has 0 aliphatic rings. The molecule has 0 saturated carbocycles. The summed E-state index contributed by atoms with van der Waals surface area (Å²) in [5.74, 6) is 0.147. The van der Waals surface area contributed by atoms with Gasteiger partial charge in [-0.25, -0.2) is 0 Å². The van der Waals surface area contributed by atoms with E-state index in [1.165, 1.54) is 0 Å². The summed E-state index contributed by atoms with van der Waals surface area (Å²) in [7, 11) is 1.89. The van der Waals surface area contributed by atoms with E-state index in [1.54, 1.807) is 10.9 Å². The molecule has 0 aliphatic heterocycles. The Bertz CT molecular complexity index is 361. The molecule has 0 spiro atoms. The number of rotatable bonds is 6. The van der Waals surface area contributed by atoms with Gasteiger partial charge in [-0.1, -0.05) is 20.3 Å². The summed E-state index contributed by atoms with van der Waals surface area (Å²) in [6, 6.07) is 1.53. The maximum Gasteiger partial charge on any atom is 0.237 e. The lowest BCUT2D eigenvalue weighted by Gasteiger charge is -2.17. The zero-order chi connectivity index (χ0) is 12.8. The van der Waals surface area contributed by atoms with Crippen molar-refractivity contribution in [2.75, 3.05) is 6.54 Å². The van der Waals surface area contributed by atoms with Crippen LogP contribution in [0.2, 0.25) is 0 Å². The second-order valence-electron chi connectivity index (χ2n) is 4.40. The van der Waals surface area contributed by atoms with Crippen LogP contribution in [0.5, 0.6) is 0 Å². The number of aryl methyl sites for hydroxylation is 1. The zero-order valence-electron chi connectivity index (χ0n) is 10.8. The first-order valence-electron chi connectivity index (χ1n) is 6.06. The van der Waals surface area contributed by atoms with Gasteiger partial charge in [0.05, 0.1) is 6.04 Å². The van der Waals surface area contributed by atoms with Crippen molar-refractivity contribution in [3.63, 3.8) is 0 Å². The maximum absolute atomic E-state index is 11.7. The molecule has 5 heteroatoms. The first kappa shape index (κ1) is 13.7. The van der Waals surface area contributed by atoms with Gasteiger partial charge in [-0.2, -0.15) is 5.10 Å². The van der Waals surface area contributed by atoms with Crippen molar-refractivity contribution in [2.24, 2.45) is 18.7 Å². The Morgan fingerprint density at radius 2 is 2.35 bits per heavy atom. The number of carbonyl (C=O) groups excluding carboxylic acids is 1. The van der Waals surface area contributed by atoms with Crippen LogP contribution in [0.15, 0.2) is 12.3 Å². The van der Waals surface area contributed by atoms with Gasteiger partial charge in [0.25, 0.3) is 0 Å². The quantitative estimate of drug-likeness (QED) is 0.756. The van der Waals surface area contributed by atoms with Gasteiger partial charge >= 0.3 is 0 Å². The fraction of sp³-hybridized carbons (Fsp3) is 0.667. The summed E-state index contributed by atoms with van der Waals surface area (Å²) < 4.78 is 1.81. The van der Waals surface area contributed by atoms with E-state index in [0.717, 1.165) is 18.5 Å². The van der Waals surface area contributed by atoms with Crippen molar-refractivity contribution in [3.8, 4) is 0 Å². The van der Waals surface area contributed by atoms with Crippen LogP contribution in [0.1, 0.15) is 26.0 Å². The first-order chi connectivity index (χ1) is 8.06. The van der Waals surface area contributed by atoms with Gasteiger partial charge in [0.1, 0.15) is 0 Å². The van der Waals surface area contributed by atoms with E-state index in [2.05, 4.69) is 10.4 Å². The molecule has 0 fully saturated rings. The molecule has 0 aliphatic carbocycles. The standard InChI is InChI=1S/C12H22N4O/c1-4-9(2)11(13)12(17)14-7-5-10-6-8-15-16(10)3/h6,8-9,11H,4-5,7,13H2,1-3H3,(H,14,17)/t9?,11-/m0/s1. The van der Waals surface area contributed by atoms with Gasteiger partial charge in [-0.15, -0.1) is 0 Å². The SMILES string of the molecule is CCC(C)[C@H](N)C(=O)NCCc1ccnn1C. The summed E-state index contributed by atoms with van der Waals surface area (Å²) in [4.78, 5) is 11.7. The lowest BCUT2D eigenvalue weighted by atomic mass is 9.99. The maximum atomic E-state index is 11.7. The van der Waals surface area contributed by atoms with E-state index in [4.69, 9.17) is 5.73 Å². The third-order valence-electron chi connectivity index (χ3n) is 3.16. The van der Waals surface area contributed by atoms with E-state index < -0.39 is 6.04 Å². The van der Waals surface area contributed by atoms with Crippen LogP contribution in [0.3, 0.4) is 0 Å². The van der Waals surface area contributed by atoms with Crippen LogP contribution in [0.25, 0.3) is 0 Å². The number of hydrogen-bond donors (Lipinski definition) is 2. The van der Waals surface area contributed by atoms with Gasteiger partial charge in [0, 0.05) is 31.9 Å². The Morgan fingerprint density at radius 3 is 2.88 bits per heavy atom. The summed E-state index contributed by atoms with van der Waals surface area (Å²) >= 11 is 0. The number of aromatic nitrogens is 2.